The minimum atomic E-state index is 0.552. The van der Waals surface area contributed by atoms with Crippen LogP contribution in [-0.2, 0) is 0 Å². The summed E-state index contributed by atoms with van der Waals surface area (Å²) in [5.41, 5.74) is 11.1. The SMILES string of the molecule is c1ccc(-c2ccccc2-c2nc(-c3ccc4oc5ccccc5c4c3)nc(-c3ccc(-n4c5ccccc5c5c6ccccc6ccc54)c4oc5ccccc5c34)n2)cc1. The Balaban J connectivity index is 1.10. The van der Waals surface area contributed by atoms with Crippen LogP contribution in [-0.4, -0.2) is 19.5 Å². The van der Waals surface area contributed by atoms with Crippen LogP contribution in [0.4, 0.5) is 0 Å². The lowest BCUT2D eigenvalue weighted by Gasteiger charge is -2.14. The molecule has 0 saturated carbocycles. The molecule has 0 spiro atoms. The molecule has 0 aliphatic heterocycles. The lowest BCUT2D eigenvalue weighted by molar-refractivity contribution is 0.666. The highest BCUT2D eigenvalue weighted by atomic mass is 16.3. The first-order valence-corrected chi connectivity index (χ1v) is 20.4. The highest BCUT2D eigenvalue weighted by Crippen LogP contribution is 2.44. The zero-order valence-electron chi connectivity index (χ0n) is 32.6. The van der Waals surface area contributed by atoms with E-state index in [9.17, 15) is 0 Å². The third-order valence-corrected chi connectivity index (χ3v) is 12.1. The molecule has 4 heterocycles. The van der Waals surface area contributed by atoms with Crippen molar-refractivity contribution in [1.29, 1.82) is 0 Å². The van der Waals surface area contributed by atoms with Crippen molar-refractivity contribution in [3.05, 3.63) is 194 Å². The molecule has 6 heteroatoms. The van der Waals surface area contributed by atoms with Gasteiger partial charge in [-0.2, -0.15) is 0 Å². The van der Waals surface area contributed by atoms with Crippen LogP contribution in [0.1, 0.15) is 0 Å². The van der Waals surface area contributed by atoms with E-state index in [0.717, 1.165) is 88.4 Å². The molecule has 4 aromatic heterocycles. The molecule has 13 aromatic rings. The number of hydrogen-bond acceptors (Lipinski definition) is 5. The summed E-state index contributed by atoms with van der Waals surface area (Å²) in [5, 5.41) is 8.81. The van der Waals surface area contributed by atoms with Gasteiger partial charge in [0.15, 0.2) is 23.1 Å². The van der Waals surface area contributed by atoms with Crippen molar-refractivity contribution in [2.45, 2.75) is 0 Å². The first-order valence-electron chi connectivity index (χ1n) is 20.4. The normalized spacial score (nSPS) is 11.9. The van der Waals surface area contributed by atoms with Crippen molar-refractivity contribution in [3.8, 4) is 51.0 Å². The summed E-state index contributed by atoms with van der Waals surface area (Å²) in [6.45, 7) is 0. The van der Waals surface area contributed by atoms with Crippen molar-refractivity contribution in [3.63, 3.8) is 0 Å². The highest BCUT2D eigenvalue weighted by Gasteiger charge is 2.24. The summed E-state index contributed by atoms with van der Waals surface area (Å²) < 4.78 is 15.5. The third kappa shape index (κ3) is 5.12. The smallest absolute Gasteiger partial charge is 0.164 e. The van der Waals surface area contributed by atoms with Gasteiger partial charge >= 0.3 is 0 Å². The molecule has 61 heavy (non-hydrogen) atoms. The van der Waals surface area contributed by atoms with Gasteiger partial charge in [-0.3, -0.25) is 0 Å². The van der Waals surface area contributed by atoms with Crippen molar-refractivity contribution < 1.29 is 8.83 Å². The summed E-state index contributed by atoms with van der Waals surface area (Å²) in [7, 11) is 0. The van der Waals surface area contributed by atoms with Gasteiger partial charge in [0, 0.05) is 49.0 Å². The van der Waals surface area contributed by atoms with Crippen LogP contribution in [0.3, 0.4) is 0 Å². The predicted octanol–water partition coefficient (Wildman–Crippen LogP) is 14.6. The summed E-state index contributed by atoms with van der Waals surface area (Å²) >= 11 is 0. The van der Waals surface area contributed by atoms with E-state index in [4.69, 9.17) is 23.8 Å². The lowest BCUT2D eigenvalue weighted by atomic mass is 9.99. The number of rotatable bonds is 5. The fourth-order valence-electron chi connectivity index (χ4n) is 9.33. The van der Waals surface area contributed by atoms with Crippen LogP contribution in [0, 0.1) is 0 Å². The standard InChI is InChI=1S/C55H32N4O2/c1-2-14-33(15-3-1)36-17-6-7-20-39(36)54-56-53(35-27-31-49-43(32-35)38-19-9-12-24-47(38)60-49)57-55(58-54)42-28-30-46(52-51(42)41-22-10-13-25-48(41)61-52)59-44-23-11-8-21-40(44)50-37-18-5-4-16-34(37)26-29-45(50)59/h1-32H. The molecule has 0 radical (unpaired) electrons. The van der Waals surface area contributed by atoms with E-state index in [1.165, 1.54) is 21.5 Å². The summed E-state index contributed by atoms with van der Waals surface area (Å²) in [4.78, 5) is 16.0. The van der Waals surface area contributed by atoms with E-state index in [2.05, 4.69) is 144 Å². The van der Waals surface area contributed by atoms with Crippen molar-refractivity contribution in [2.24, 2.45) is 0 Å². The zero-order chi connectivity index (χ0) is 40.0. The van der Waals surface area contributed by atoms with Gasteiger partial charge in [-0.05, 0) is 76.5 Å². The Morgan fingerprint density at radius 1 is 0.344 bits per heavy atom. The summed E-state index contributed by atoms with van der Waals surface area (Å²) in [6.07, 6.45) is 0. The molecule has 0 bridgehead atoms. The quantitative estimate of drug-likeness (QED) is 0.174. The molecule has 0 fully saturated rings. The number of benzene rings is 9. The topological polar surface area (TPSA) is 69.9 Å². The second-order valence-corrected chi connectivity index (χ2v) is 15.5. The Morgan fingerprint density at radius 2 is 0.984 bits per heavy atom. The maximum Gasteiger partial charge on any atom is 0.164 e. The average molecular weight is 781 g/mol. The van der Waals surface area contributed by atoms with E-state index < -0.39 is 0 Å². The number of fused-ring (bicyclic) bond motifs is 11. The van der Waals surface area contributed by atoms with E-state index in [1.54, 1.807) is 0 Å². The predicted molar refractivity (Wildman–Crippen MR) is 248 cm³/mol. The van der Waals surface area contributed by atoms with Crippen LogP contribution in [0.15, 0.2) is 203 Å². The van der Waals surface area contributed by atoms with Crippen molar-refractivity contribution in [2.75, 3.05) is 0 Å². The number of nitrogens with zero attached hydrogens (tertiary/aromatic N) is 4. The lowest BCUT2D eigenvalue weighted by Crippen LogP contribution is -2.02. The molecule has 9 aromatic carbocycles. The van der Waals surface area contributed by atoms with E-state index in [-0.39, 0.29) is 0 Å². The van der Waals surface area contributed by atoms with Crippen LogP contribution < -0.4 is 0 Å². The van der Waals surface area contributed by atoms with Crippen molar-refractivity contribution >= 4 is 76.5 Å². The number of para-hydroxylation sites is 3. The molecule has 0 saturated heterocycles. The fraction of sp³-hybridized carbons (Fsp3) is 0. The molecule has 0 N–H and O–H groups in total. The average Bonchev–Trinajstić information content (AvgIpc) is 4.01. The minimum Gasteiger partial charge on any atom is -0.456 e. The fourth-order valence-corrected chi connectivity index (χ4v) is 9.33. The number of aromatic nitrogens is 4. The molecule has 0 unspecified atom stereocenters. The Kier molecular flexibility index (Phi) is 7.21. The highest BCUT2D eigenvalue weighted by molar-refractivity contribution is 6.22. The van der Waals surface area contributed by atoms with Crippen LogP contribution in [0.25, 0.3) is 127 Å². The van der Waals surface area contributed by atoms with Gasteiger partial charge < -0.3 is 13.4 Å². The van der Waals surface area contributed by atoms with Gasteiger partial charge in [-0.1, -0.05) is 140 Å². The molecule has 0 aliphatic rings. The van der Waals surface area contributed by atoms with Gasteiger partial charge in [-0.15, -0.1) is 0 Å². The van der Waals surface area contributed by atoms with Gasteiger partial charge in [0.25, 0.3) is 0 Å². The van der Waals surface area contributed by atoms with Crippen LogP contribution >= 0.6 is 0 Å². The zero-order valence-corrected chi connectivity index (χ0v) is 32.6. The number of furan rings is 2. The Morgan fingerprint density at radius 3 is 1.84 bits per heavy atom. The van der Waals surface area contributed by atoms with Gasteiger partial charge in [0.2, 0.25) is 0 Å². The van der Waals surface area contributed by atoms with Crippen molar-refractivity contribution in [1.82, 2.24) is 19.5 Å². The monoisotopic (exact) mass is 780 g/mol. The third-order valence-electron chi connectivity index (χ3n) is 12.1. The Hall–Kier alpha value is -8.35. The first kappa shape index (κ1) is 33.6. The van der Waals surface area contributed by atoms with Crippen LogP contribution in [0.2, 0.25) is 0 Å². The summed E-state index contributed by atoms with van der Waals surface area (Å²) in [5.74, 6) is 1.70. The Labute approximate surface area is 348 Å². The largest absolute Gasteiger partial charge is 0.456 e. The van der Waals surface area contributed by atoms with E-state index in [1.807, 2.05) is 54.6 Å². The van der Waals surface area contributed by atoms with Gasteiger partial charge in [-0.25, -0.2) is 15.0 Å². The second-order valence-electron chi connectivity index (χ2n) is 15.5. The number of hydrogen-bond donors (Lipinski definition) is 0. The van der Waals surface area contributed by atoms with E-state index >= 15 is 0 Å². The van der Waals surface area contributed by atoms with E-state index in [0.29, 0.717) is 17.5 Å². The Bertz CT molecular complexity index is 3900. The molecule has 0 atom stereocenters. The minimum absolute atomic E-state index is 0.552. The molecular weight excluding hydrogens is 749 g/mol. The molecule has 13 rings (SSSR count). The second kappa shape index (κ2) is 13.1. The molecule has 0 aliphatic carbocycles. The first-order chi connectivity index (χ1) is 30.2. The summed E-state index contributed by atoms with van der Waals surface area (Å²) in [6, 6.07) is 67.3. The van der Waals surface area contributed by atoms with Gasteiger partial charge in [0.1, 0.15) is 16.7 Å². The maximum absolute atomic E-state index is 6.94. The molecule has 284 valence electrons. The van der Waals surface area contributed by atoms with Gasteiger partial charge in [0.05, 0.1) is 16.7 Å². The van der Waals surface area contributed by atoms with Crippen LogP contribution in [0.5, 0.6) is 0 Å². The maximum atomic E-state index is 6.94. The molecular formula is C55H32N4O2. The molecule has 0 amide bonds. The molecule has 6 nitrogen and oxygen atoms in total.